The van der Waals surface area contributed by atoms with E-state index in [9.17, 15) is 0 Å². The Morgan fingerprint density at radius 2 is 2.18 bits per heavy atom. The summed E-state index contributed by atoms with van der Waals surface area (Å²) in [5.74, 6) is 2.96. The molecule has 1 aromatic rings. The van der Waals surface area contributed by atoms with Crippen LogP contribution >= 0.6 is 0 Å². The number of aromatic nitrogens is 3. The first kappa shape index (κ1) is 11.2. The summed E-state index contributed by atoms with van der Waals surface area (Å²) in [6.45, 7) is 5.45. The first-order chi connectivity index (χ1) is 8.34. The molecule has 2 aliphatic rings. The molecule has 3 heterocycles. The SMILES string of the molecule is CN1CCC[C@H](c2nnc3n2CCNCC3)C1. The lowest BCUT2D eigenvalue weighted by Crippen LogP contribution is -2.32. The molecule has 1 N–H and O–H groups in total. The summed E-state index contributed by atoms with van der Waals surface area (Å²) in [7, 11) is 2.20. The smallest absolute Gasteiger partial charge is 0.137 e. The Morgan fingerprint density at radius 3 is 3.06 bits per heavy atom. The van der Waals surface area contributed by atoms with Crippen molar-refractivity contribution in [3.63, 3.8) is 0 Å². The van der Waals surface area contributed by atoms with Crippen molar-refractivity contribution >= 4 is 0 Å². The number of likely N-dealkylation sites (N-methyl/N-ethyl adjacent to an activating group) is 1. The zero-order valence-electron chi connectivity index (χ0n) is 10.5. The average Bonchev–Trinajstić information content (AvgIpc) is 2.59. The van der Waals surface area contributed by atoms with Gasteiger partial charge in [-0.3, -0.25) is 0 Å². The molecule has 3 rings (SSSR count). The van der Waals surface area contributed by atoms with E-state index in [1.807, 2.05) is 0 Å². The molecule has 1 fully saturated rings. The van der Waals surface area contributed by atoms with Crippen molar-refractivity contribution in [2.24, 2.45) is 0 Å². The molecule has 0 aromatic carbocycles. The van der Waals surface area contributed by atoms with Gasteiger partial charge in [0.25, 0.3) is 0 Å². The zero-order valence-corrected chi connectivity index (χ0v) is 10.5. The van der Waals surface area contributed by atoms with Gasteiger partial charge in [-0.15, -0.1) is 10.2 Å². The van der Waals surface area contributed by atoms with Gasteiger partial charge in [-0.1, -0.05) is 0 Å². The second-order valence-corrected chi connectivity index (χ2v) is 5.23. The number of rotatable bonds is 1. The molecular weight excluding hydrogens is 214 g/mol. The first-order valence-corrected chi connectivity index (χ1v) is 6.66. The third-order valence-corrected chi connectivity index (χ3v) is 3.88. The lowest BCUT2D eigenvalue weighted by molar-refractivity contribution is 0.242. The fourth-order valence-corrected chi connectivity index (χ4v) is 2.97. The first-order valence-electron chi connectivity index (χ1n) is 6.66. The molecule has 0 bridgehead atoms. The monoisotopic (exact) mass is 235 g/mol. The van der Waals surface area contributed by atoms with Gasteiger partial charge in [0.1, 0.15) is 11.6 Å². The van der Waals surface area contributed by atoms with Crippen LogP contribution in [0.5, 0.6) is 0 Å². The average molecular weight is 235 g/mol. The Morgan fingerprint density at radius 1 is 1.24 bits per heavy atom. The summed E-state index contributed by atoms with van der Waals surface area (Å²) in [5.41, 5.74) is 0. The van der Waals surface area contributed by atoms with E-state index in [0.29, 0.717) is 5.92 Å². The highest BCUT2D eigenvalue weighted by molar-refractivity contribution is 5.05. The molecule has 1 atom stereocenters. The molecule has 94 valence electrons. The number of nitrogens with zero attached hydrogens (tertiary/aromatic N) is 4. The molecule has 0 amide bonds. The van der Waals surface area contributed by atoms with Crippen LogP contribution in [0, 0.1) is 0 Å². The third-order valence-electron chi connectivity index (χ3n) is 3.88. The Labute approximate surface area is 102 Å². The summed E-state index contributed by atoms with van der Waals surface area (Å²) < 4.78 is 2.35. The quantitative estimate of drug-likeness (QED) is 0.757. The van der Waals surface area contributed by atoms with Crippen molar-refractivity contribution in [2.75, 3.05) is 33.2 Å². The fourth-order valence-electron chi connectivity index (χ4n) is 2.97. The molecule has 0 unspecified atom stereocenters. The van der Waals surface area contributed by atoms with E-state index in [0.717, 1.165) is 32.6 Å². The lowest BCUT2D eigenvalue weighted by Gasteiger charge is -2.29. The Bertz CT molecular complexity index is 386. The van der Waals surface area contributed by atoms with Crippen molar-refractivity contribution in [3.8, 4) is 0 Å². The van der Waals surface area contributed by atoms with Crippen molar-refractivity contribution in [2.45, 2.75) is 31.7 Å². The van der Waals surface area contributed by atoms with Gasteiger partial charge >= 0.3 is 0 Å². The predicted octanol–water partition coefficient (Wildman–Crippen LogP) is 0.233. The van der Waals surface area contributed by atoms with Crippen LogP contribution in [-0.4, -0.2) is 52.9 Å². The number of fused-ring (bicyclic) bond motifs is 1. The van der Waals surface area contributed by atoms with Crippen LogP contribution in [0.1, 0.15) is 30.4 Å². The molecule has 2 aliphatic heterocycles. The second kappa shape index (κ2) is 4.74. The van der Waals surface area contributed by atoms with Crippen LogP contribution in [-0.2, 0) is 13.0 Å². The maximum atomic E-state index is 4.46. The predicted molar refractivity (Wildman–Crippen MR) is 66.1 cm³/mol. The standard InChI is InChI=1S/C12H21N5/c1-16-7-2-3-10(9-16)12-15-14-11-4-5-13-6-8-17(11)12/h10,13H,2-9H2,1H3/t10-/m0/s1. The topological polar surface area (TPSA) is 46.0 Å². The van der Waals surface area contributed by atoms with Crippen LogP contribution in [0.3, 0.4) is 0 Å². The van der Waals surface area contributed by atoms with Crippen molar-refractivity contribution in [1.29, 1.82) is 0 Å². The minimum absolute atomic E-state index is 0.577. The number of piperidine rings is 1. The summed E-state index contributed by atoms with van der Waals surface area (Å²) in [6, 6.07) is 0. The van der Waals surface area contributed by atoms with Gasteiger partial charge in [0.15, 0.2) is 0 Å². The molecule has 5 nitrogen and oxygen atoms in total. The van der Waals surface area contributed by atoms with E-state index in [2.05, 4.69) is 32.0 Å². The van der Waals surface area contributed by atoms with Gasteiger partial charge in [0.05, 0.1) is 0 Å². The maximum Gasteiger partial charge on any atom is 0.137 e. The van der Waals surface area contributed by atoms with Gasteiger partial charge in [-0.2, -0.15) is 0 Å². The van der Waals surface area contributed by atoms with Crippen LogP contribution in [0.4, 0.5) is 0 Å². The largest absolute Gasteiger partial charge is 0.315 e. The number of likely N-dealkylation sites (tertiary alicyclic amines) is 1. The minimum Gasteiger partial charge on any atom is -0.315 e. The summed E-state index contributed by atoms with van der Waals surface area (Å²) in [6.07, 6.45) is 3.55. The van der Waals surface area contributed by atoms with E-state index in [4.69, 9.17) is 0 Å². The minimum atomic E-state index is 0.577. The molecule has 0 aliphatic carbocycles. The second-order valence-electron chi connectivity index (χ2n) is 5.23. The van der Waals surface area contributed by atoms with Crippen LogP contribution in [0.2, 0.25) is 0 Å². The van der Waals surface area contributed by atoms with E-state index < -0.39 is 0 Å². The van der Waals surface area contributed by atoms with E-state index in [1.165, 1.54) is 31.0 Å². The van der Waals surface area contributed by atoms with Crippen molar-refractivity contribution < 1.29 is 0 Å². The normalized spacial score (nSPS) is 26.5. The highest BCUT2D eigenvalue weighted by Gasteiger charge is 2.25. The fraction of sp³-hybridized carbons (Fsp3) is 0.833. The number of hydrogen-bond acceptors (Lipinski definition) is 4. The molecule has 5 heteroatoms. The molecule has 1 aromatic heterocycles. The summed E-state index contributed by atoms with van der Waals surface area (Å²) in [4.78, 5) is 2.41. The van der Waals surface area contributed by atoms with Crippen LogP contribution in [0.25, 0.3) is 0 Å². The van der Waals surface area contributed by atoms with E-state index in [-0.39, 0.29) is 0 Å². The Kier molecular flexibility index (Phi) is 3.11. The van der Waals surface area contributed by atoms with Gasteiger partial charge in [0.2, 0.25) is 0 Å². The van der Waals surface area contributed by atoms with E-state index in [1.54, 1.807) is 0 Å². The van der Waals surface area contributed by atoms with E-state index >= 15 is 0 Å². The zero-order chi connectivity index (χ0) is 11.7. The highest BCUT2D eigenvalue weighted by atomic mass is 15.3. The Balaban J connectivity index is 1.84. The van der Waals surface area contributed by atoms with Gasteiger partial charge < -0.3 is 14.8 Å². The van der Waals surface area contributed by atoms with Gasteiger partial charge in [-0.25, -0.2) is 0 Å². The summed E-state index contributed by atoms with van der Waals surface area (Å²) in [5, 5.41) is 12.2. The molecule has 0 spiro atoms. The molecule has 17 heavy (non-hydrogen) atoms. The lowest BCUT2D eigenvalue weighted by atomic mass is 9.97. The molecular formula is C12H21N5. The Hall–Kier alpha value is -0.940. The molecule has 0 radical (unpaired) electrons. The van der Waals surface area contributed by atoms with Crippen molar-refractivity contribution in [1.82, 2.24) is 25.0 Å². The molecule has 0 saturated carbocycles. The van der Waals surface area contributed by atoms with Crippen molar-refractivity contribution in [3.05, 3.63) is 11.6 Å². The summed E-state index contributed by atoms with van der Waals surface area (Å²) >= 11 is 0. The van der Waals surface area contributed by atoms with Crippen LogP contribution < -0.4 is 5.32 Å². The maximum absolute atomic E-state index is 4.46. The molecule has 1 saturated heterocycles. The number of nitrogens with one attached hydrogen (secondary N) is 1. The number of hydrogen-bond donors (Lipinski definition) is 1. The van der Waals surface area contributed by atoms with Crippen LogP contribution in [0.15, 0.2) is 0 Å². The van der Waals surface area contributed by atoms with Gasteiger partial charge in [0, 0.05) is 38.5 Å². The van der Waals surface area contributed by atoms with Gasteiger partial charge in [-0.05, 0) is 26.4 Å². The third kappa shape index (κ3) is 2.21. The highest BCUT2D eigenvalue weighted by Crippen LogP contribution is 2.25.